The van der Waals surface area contributed by atoms with Crippen LogP contribution in [0.3, 0.4) is 0 Å². The van der Waals surface area contributed by atoms with Gasteiger partial charge >= 0.3 is 0 Å². The Hall–Kier alpha value is -2.61. The van der Waals surface area contributed by atoms with Gasteiger partial charge in [0.1, 0.15) is 4.21 Å². The third-order valence-corrected chi connectivity index (χ3v) is 8.91. The number of fused-ring (bicyclic) bond motifs is 1. The van der Waals surface area contributed by atoms with E-state index in [-0.39, 0.29) is 5.41 Å². The van der Waals surface area contributed by atoms with Crippen LogP contribution in [0.25, 0.3) is 22.0 Å². The molecule has 2 aromatic carbocycles. The Bertz CT molecular complexity index is 1350. The lowest BCUT2D eigenvalue weighted by atomic mass is 9.86. The standard InChI is InChI=1S/C25H28N2O3S2/c1-25(2,3)17-9-7-16(8-10-17)18-11-12-20-22(19(13-14-26)24(27-20)30-4)23(18)32(28,29)21-6-5-15-31-21/h5-12,15,27H,13-14,26H2,1-4H3. The van der Waals surface area contributed by atoms with E-state index in [4.69, 9.17) is 10.5 Å². The number of ether oxygens (including phenoxy) is 1. The van der Waals surface area contributed by atoms with Gasteiger partial charge in [-0.25, -0.2) is 8.42 Å². The number of H-pyrrole nitrogens is 1. The average Bonchev–Trinajstić information content (AvgIpc) is 3.42. The lowest BCUT2D eigenvalue weighted by Gasteiger charge is -2.20. The van der Waals surface area contributed by atoms with Crippen molar-refractivity contribution in [3.63, 3.8) is 0 Å². The van der Waals surface area contributed by atoms with Gasteiger partial charge in [0.15, 0.2) is 5.88 Å². The van der Waals surface area contributed by atoms with Crippen molar-refractivity contribution in [3.05, 3.63) is 65.0 Å². The largest absolute Gasteiger partial charge is 0.482 e. The molecule has 0 unspecified atom stereocenters. The van der Waals surface area contributed by atoms with Gasteiger partial charge in [-0.2, -0.15) is 0 Å². The van der Waals surface area contributed by atoms with E-state index in [1.807, 2.05) is 24.3 Å². The van der Waals surface area contributed by atoms with Gasteiger partial charge in [-0.15, -0.1) is 11.3 Å². The van der Waals surface area contributed by atoms with Gasteiger partial charge in [0, 0.05) is 22.0 Å². The van der Waals surface area contributed by atoms with Crippen molar-refractivity contribution in [3.8, 4) is 17.0 Å². The van der Waals surface area contributed by atoms with Crippen molar-refractivity contribution in [2.75, 3.05) is 13.7 Å². The van der Waals surface area contributed by atoms with Gasteiger partial charge in [0.05, 0.1) is 12.0 Å². The van der Waals surface area contributed by atoms with Crippen LogP contribution < -0.4 is 10.5 Å². The van der Waals surface area contributed by atoms with Gasteiger partial charge in [-0.3, -0.25) is 0 Å². The molecule has 0 spiro atoms. The monoisotopic (exact) mass is 468 g/mol. The highest BCUT2D eigenvalue weighted by atomic mass is 32.2. The summed E-state index contributed by atoms with van der Waals surface area (Å²) in [5.41, 5.74) is 10.1. The molecule has 4 rings (SSSR count). The number of aromatic amines is 1. The van der Waals surface area contributed by atoms with E-state index in [9.17, 15) is 8.42 Å². The average molecular weight is 469 g/mol. The second-order valence-electron chi connectivity index (χ2n) is 8.80. The molecule has 3 N–H and O–H groups in total. The SMILES string of the molecule is COc1[nH]c2ccc(-c3ccc(C(C)(C)C)cc3)c(S(=O)(=O)c3cccs3)c2c1CCN. The Morgan fingerprint density at radius 1 is 1.06 bits per heavy atom. The van der Waals surface area contributed by atoms with Crippen LogP contribution in [0.5, 0.6) is 5.88 Å². The van der Waals surface area contributed by atoms with E-state index < -0.39 is 9.84 Å². The minimum atomic E-state index is -3.77. The molecule has 2 aromatic heterocycles. The Labute approximate surface area is 193 Å². The molecule has 0 saturated carbocycles. The number of benzene rings is 2. The second kappa shape index (κ2) is 8.39. The quantitative estimate of drug-likeness (QED) is 0.389. The fraction of sp³-hybridized carbons (Fsp3) is 0.280. The van der Waals surface area contributed by atoms with Gasteiger partial charge in [-0.05, 0) is 47.0 Å². The topological polar surface area (TPSA) is 85.2 Å². The molecular weight excluding hydrogens is 440 g/mol. The molecule has 168 valence electrons. The van der Waals surface area contributed by atoms with Crippen LogP contribution in [-0.2, 0) is 21.7 Å². The van der Waals surface area contributed by atoms with Crippen molar-refractivity contribution in [2.24, 2.45) is 5.73 Å². The fourth-order valence-corrected chi connectivity index (χ4v) is 6.84. The summed E-state index contributed by atoms with van der Waals surface area (Å²) < 4.78 is 33.7. The predicted octanol–water partition coefficient (Wildman–Crippen LogP) is 5.54. The first-order valence-electron chi connectivity index (χ1n) is 10.5. The first-order chi connectivity index (χ1) is 15.2. The zero-order valence-corrected chi connectivity index (χ0v) is 20.4. The van der Waals surface area contributed by atoms with E-state index >= 15 is 0 Å². The molecule has 0 radical (unpaired) electrons. The van der Waals surface area contributed by atoms with Crippen molar-refractivity contribution in [1.29, 1.82) is 0 Å². The number of rotatable bonds is 6. The zero-order valence-electron chi connectivity index (χ0n) is 18.7. The summed E-state index contributed by atoms with van der Waals surface area (Å²) in [7, 11) is -2.20. The number of nitrogens with two attached hydrogens (primary N) is 1. The third-order valence-electron chi connectivity index (χ3n) is 5.67. The van der Waals surface area contributed by atoms with E-state index in [1.54, 1.807) is 24.6 Å². The Kier molecular flexibility index (Phi) is 5.92. The lowest BCUT2D eigenvalue weighted by Crippen LogP contribution is -2.10. The van der Waals surface area contributed by atoms with Crippen LogP contribution in [-0.4, -0.2) is 27.1 Å². The maximum Gasteiger partial charge on any atom is 0.217 e. The summed E-state index contributed by atoms with van der Waals surface area (Å²) in [6.45, 7) is 6.86. The minimum absolute atomic E-state index is 0.0106. The van der Waals surface area contributed by atoms with E-state index in [1.165, 1.54) is 16.9 Å². The van der Waals surface area contributed by atoms with Gasteiger partial charge in [0.25, 0.3) is 0 Å². The third kappa shape index (κ3) is 3.85. The maximum atomic E-state index is 13.9. The zero-order chi connectivity index (χ0) is 23.1. The molecule has 2 heterocycles. The van der Waals surface area contributed by atoms with E-state index in [2.05, 4.69) is 37.9 Å². The van der Waals surface area contributed by atoms with Crippen LogP contribution in [0.1, 0.15) is 31.9 Å². The summed E-state index contributed by atoms with van der Waals surface area (Å²) in [6.07, 6.45) is 0.503. The number of thiophene rings is 1. The highest BCUT2D eigenvalue weighted by molar-refractivity contribution is 7.93. The smallest absolute Gasteiger partial charge is 0.217 e. The molecule has 5 nitrogen and oxygen atoms in total. The number of hydrogen-bond acceptors (Lipinski definition) is 5. The molecule has 0 fully saturated rings. The Balaban J connectivity index is 2.07. The number of sulfone groups is 1. The molecule has 4 aromatic rings. The summed E-state index contributed by atoms with van der Waals surface area (Å²) >= 11 is 1.22. The van der Waals surface area contributed by atoms with Crippen molar-refractivity contribution in [1.82, 2.24) is 4.98 Å². The van der Waals surface area contributed by atoms with Crippen molar-refractivity contribution < 1.29 is 13.2 Å². The molecule has 0 saturated heterocycles. The van der Waals surface area contributed by atoms with Crippen LogP contribution in [0.4, 0.5) is 0 Å². The van der Waals surface area contributed by atoms with Gasteiger partial charge in [0.2, 0.25) is 9.84 Å². The van der Waals surface area contributed by atoms with Crippen LogP contribution in [0.2, 0.25) is 0 Å². The number of methoxy groups -OCH3 is 1. The normalized spacial score (nSPS) is 12.4. The fourth-order valence-electron chi connectivity index (χ4n) is 4.03. The molecule has 0 bridgehead atoms. The molecule has 0 aliphatic heterocycles. The number of hydrogen-bond donors (Lipinski definition) is 2. The van der Waals surface area contributed by atoms with Crippen molar-refractivity contribution >= 4 is 32.1 Å². The second-order valence-corrected chi connectivity index (χ2v) is 11.9. The Morgan fingerprint density at radius 3 is 2.34 bits per heavy atom. The first kappa shape index (κ1) is 22.6. The Morgan fingerprint density at radius 2 is 1.78 bits per heavy atom. The highest BCUT2D eigenvalue weighted by Gasteiger charge is 2.29. The molecule has 0 amide bonds. The molecule has 32 heavy (non-hydrogen) atoms. The summed E-state index contributed by atoms with van der Waals surface area (Å²) in [6, 6.07) is 15.3. The summed E-state index contributed by atoms with van der Waals surface area (Å²) in [5.74, 6) is 0.549. The van der Waals surface area contributed by atoms with Crippen LogP contribution in [0, 0.1) is 0 Å². The number of aromatic nitrogens is 1. The summed E-state index contributed by atoms with van der Waals surface area (Å²) in [4.78, 5) is 3.52. The first-order valence-corrected chi connectivity index (χ1v) is 12.9. The van der Waals surface area contributed by atoms with Gasteiger partial charge in [-0.1, -0.05) is 57.2 Å². The van der Waals surface area contributed by atoms with Gasteiger partial charge < -0.3 is 15.5 Å². The van der Waals surface area contributed by atoms with E-state index in [0.717, 1.165) is 16.6 Å². The maximum absolute atomic E-state index is 13.9. The molecule has 7 heteroatoms. The number of nitrogens with one attached hydrogen (secondary N) is 1. The van der Waals surface area contributed by atoms with Crippen molar-refractivity contribution in [2.45, 2.75) is 41.7 Å². The lowest BCUT2D eigenvalue weighted by molar-refractivity contribution is 0.397. The molecule has 0 aliphatic carbocycles. The van der Waals surface area contributed by atoms with Crippen LogP contribution in [0.15, 0.2) is 63.0 Å². The highest BCUT2D eigenvalue weighted by Crippen LogP contribution is 2.42. The van der Waals surface area contributed by atoms with Crippen LogP contribution >= 0.6 is 11.3 Å². The summed E-state index contributed by atoms with van der Waals surface area (Å²) in [5, 5.41) is 2.43. The molecule has 0 aliphatic rings. The minimum Gasteiger partial charge on any atom is -0.482 e. The molecule has 0 atom stereocenters. The molecular formula is C25H28N2O3S2. The predicted molar refractivity (Wildman–Crippen MR) is 132 cm³/mol. The van der Waals surface area contributed by atoms with E-state index in [0.29, 0.717) is 38.9 Å².